The Bertz CT molecular complexity index is 1510. The van der Waals surface area contributed by atoms with Crippen molar-refractivity contribution in [3.63, 3.8) is 0 Å². The normalized spacial score (nSPS) is 9.45. The SMILES string of the molecule is [Ir+3].[Ir].[c-]1cc(-c2ccccn2)[c-]cc1-c1[c-]cccc1.[c-]1ccccc1-c1ccccn1.[c-]1ccccc1-c1ccccn1. The number of rotatable bonds is 4. The summed E-state index contributed by atoms with van der Waals surface area (Å²) < 4.78 is 0. The zero-order chi connectivity index (χ0) is 28.7. The van der Waals surface area contributed by atoms with Crippen molar-refractivity contribution in [3.8, 4) is 44.9 Å². The molecule has 0 saturated carbocycles. The number of benzene rings is 4. The molecule has 0 saturated heterocycles. The molecule has 7 rings (SSSR count). The van der Waals surface area contributed by atoms with Gasteiger partial charge in [-0.25, -0.2) is 41.0 Å². The summed E-state index contributed by atoms with van der Waals surface area (Å²) in [4.78, 5) is 12.7. The molecular formula is C39H26Ir2N3-2. The van der Waals surface area contributed by atoms with Gasteiger partial charge in [-0.1, -0.05) is 42.1 Å². The van der Waals surface area contributed by atoms with Crippen LogP contribution in [0.1, 0.15) is 0 Å². The van der Waals surface area contributed by atoms with Crippen LogP contribution in [0, 0.1) is 30.3 Å². The summed E-state index contributed by atoms with van der Waals surface area (Å²) >= 11 is 0. The number of aromatic nitrogens is 3. The monoisotopic (exact) mass is 922 g/mol. The third-order valence-electron chi connectivity index (χ3n) is 5.98. The summed E-state index contributed by atoms with van der Waals surface area (Å²) in [5.41, 5.74) is 7.91. The van der Waals surface area contributed by atoms with E-state index in [1.54, 1.807) is 18.6 Å². The number of pyridine rings is 3. The second-order valence-corrected chi connectivity index (χ2v) is 8.88. The predicted molar refractivity (Wildman–Crippen MR) is 169 cm³/mol. The molecule has 4 aromatic carbocycles. The van der Waals surface area contributed by atoms with Gasteiger partial charge in [0, 0.05) is 38.7 Å². The molecule has 0 atom stereocenters. The Hall–Kier alpha value is -4.37. The van der Waals surface area contributed by atoms with Gasteiger partial charge in [-0.3, -0.25) is 0 Å². The zero-order valence-electron chi connectivity index (χ0n) is 23.5. The summed E-state index contributed by atoms with van der Waals surface area (Å²) in [5.74, 6) is 0. The third kappa shape index (κ3) is 10.4. The second-order valence-electron chi connectivity index (χ2n) is 8.88. The molecule has 0 N–H and O–H groups in total. The van der Waals surface area contributed by atoms with Gasteiger partial charge in [-0.2, -0.15) is 24.3 Å². The molecule has 0 amide bonds. The van der Waals surface area contributed by atoms with Gasteiger partial charge in [0.1, 0.15) is 0 Å². The molecule has 217 valence electrons. The van der Waals surface area contributed by atoms with Crippen molar-refractivity contribution in [1.29, 1.82) is 0 Å². The van der Waals surface area contributed by atoms with Crippen molar-refractivity contribution < 1.29 is 40.2 Å². The van der Waals surface area contributed by atoms with Gasteiger partial charge in [-0.05, 0) is 29.6 Å². The molecule has 0 spiro atoms. The fourth-order valence-corrected chi connectivity index (χ4v) is 3.92. The topological polar surface area (TPSA) is 38.7 Å². The molecular weight excluding hydrogens is 895 g/mol. The predicted octanol–water partition coefficient (Wildman–Crippen LogP) is 8.91. The van der Waals surface area contributed by atoms with Crippen LogP contribution in [-0.4, -0.2) is 15.0 Å². The van der Waals surface area contributed by atoms with Gasteiger partial charge in [0.2, 0.25) is 0 Å². The van der Waals surface area contributed by atoms with Crippen LogP contribution < -0.4 is 0 Å². The standard InChI is InChI=1S/C17H10N.2C11H8N.2Ir/c1-2-6-14(7-3-1)15-9-11-16(12-10-15)17-8-4-5-13-18-17;2*1-2-6-10(7-3-1)11-8-4-5-9-12-11;;/h1-6,8-9,12-13H;2*1-6,8-9H;;/q-3;2*-1;;+3. The van der Waals surface area contributed by atoms with E-state index in [-0.39, 0.29) is 40.2 Å². The summed E-state index contributed by atoms with van der Waals surface area (Å²) in [6, 6.07) is 60.8. The van der Waals surface area contributed by atoms with Crippen molar-refractivity contribution >= 4 is 0 Å². The molecule has 44 heavy (non-hydrogen) atoms. The Morgan fingerprint density at radius 1 is 0.341 bits per heavy atom. The minimum atomic E-state index is 0. The van der Waals surface area contributed by atoms with Crippen LogP contribution >= 0.6 is 0 Å². The number of hydrogen-bond acceptors (Lipinski definition) is 3. The fourth-order valence-electron chi connectivity index (χ4n) is 3.92. The molecule has 3 heterocycles. The molecule has 3 nitrogen and oxygen atoms in total. The average Bonchev–Trinajstić information content (AvgIpc) is 3.11. The van der Waals surface area contributed by atoms with Gasteiger partial charge in [0.25, 0.3) is 0 Å². The van der Waals surface area contributed by atoms with E-state index in [0.29, 0.717) is 0 Å². The Labute approximate surface area is 286 Å². The van der Waals surface area contributed by atoms with E-state index in [4.69, 9.17) is 0 Å². The number of hydrogen-bond donors (Lipinski definition) is 0. The van der Waals surface area contributed by atoms with Crippen LogP contribution in [-0.2, 0) is 40.2 Å². The van der Waals surface area contributed by atoms with E-state index in [1.807, 2.05) is 140 Å². The third-order valence-corrected chi connectivity index (χ3v) is 5.98. The Morgan fingerprint density at radius 2 is 0.705 bits per heavy atom. The Morgan fingerprint density at radius 3 is 1.05 bits per heavy atom. The van der Waals surface area contributed by atoms with Crippen molar-refractivity contribution in [2.75, 3.05) is 0 Å². The van der Waals surface area contributed by atoms with Crippen LogP contribution in [0.4, 0.5) is 0 Å². The van der Waals surface area contributed by atoms with Crippen LogP contribution in [0.5, 0.6) is 0 Å². The molecule has 0 unspecified atom stereocenters. The van der Waals surface area contributed by atoms with Crippen molar-refractivity contribution in [3.05, 3.63) is 188 Å². The van der Waals surface area contributed by atoms with Crippen LogP contribution in [0.15, 0.2) is 158 Å². The van der Waals surface area contributed by atoms with Gasteiger partial charge in [0.05, 0.1) is 0 Å². The Kier molecular flexibility index (Phi) is 14.7. The quantitative estimate of drug-likeness (QED) is 0.166. The van der Waals surface area contributed by atoms with Crippen LogP contribution in [0.3, 0.4) is 0 Å². The molecule has 0 fully saturated rings. The Balaban J connectivity index is 0.000000182. The van der Waals surface area contributed by atoms with E-state index in [2.05, 4.69) is 45.3 Å². The number of nitrogens with zero attached hydrogens (tertiary/aromatic N) is 3. The first kappa shape index (κ1) is 34.1. The summed E-state index contributed by atoms with van der Waals surface area (Å²) in [6.45, 7) is 0. The molecule has 0 bridgehead atoms. The van der Waals surface area contributed by atoms with E-state index in [0.717, 1.165) is 44.9 Å². The molecule has 5 heteroatoms. The summed E-state index contributed by atoms with van der Waals surface area (Å²) in [7, 11) is 0. The molecule has 7 aromatic rings. The van der Waals surface area contributed by atoms with Gasteiger partial charge in [0.15, 0.2) is 0 Å². The minimum Gasteiger partial charge on any atom is -0.315 e. The second kappa shape index (κ2) is 19.0. The van der Waals surface area contributed by atoms with Crippen molar-refractivity contribution in [2.45, 2.75) is 0 Å². The van der Waals surface area contributed by atoms with E-state index in [9.17, 15) is 0 Å². The molecule has 1 radical (unpaired) electrons. The smallest absolute Gasteiger partial charge is 0.315 e. The van der Waals surface area contributed by atoms with E-state index < -0.39 is 0 Å². The average molecular weight is 921 g/mol. The maximum absolute atomic E-state index is 4.29. The van der Waals surface area contributed by atoms with Crippen molar-refractivity contribution in [2.24, 2.45) is 0 Å². The van der Waals surface area contributed by atoms with Crippen molar-refractivity contribution in [1.82, 2.24) is 15.0 Å². The fraction of sp³-hybridized carbons (Fsp3) is 0. The largest absolute Gasteiger partial charge is 3.00 e. The first-order chi connectivity index (χ1) is 20.9. The van der Waals surface area contributed by atoms with Gasteiger partial charge in [-0.15, -0.1) is 77.9 Å². The summed E-state index contributed by atoms with van der Waals surface area (Å²) in [5, 5.41) is 0. The first-order valence-corrected chi connectivity index (χ1v) is 13.4. The van der Waals surface area contributed by atoms with Gasteiger partial charge < -0.3 is 15.0 Å². The summed E-state index contributed by atoms with van der Waals surface area (Å²) in [6.07, 6.45) is 5.36. The van der Waals surface area contributed by atoms with Gasteiger partial charge >= 0.3 is 20.1 Å². The van der Waals surface area contributed by atoms with E-state index >= 15 is 0 Å². The molecule has 0 aliphatic heterocycles. The minimum absolute atomic E-state index is 0. The maximum atomic E-state index is 4.29. The van der Waals surface area contributed by atoms with Crippen LogP contribution in [0.25, 0.3) is 44.9 Å². The first-order valence-electron chi connectivity index (χ1n) is 13.4. The zero-order valence-corrected chi connectivity index (χ0v) is 28.3. The van der Waals surface area contributed by atoms with E-state index in [1.165, 1.54) is 0 Å². The maximum Gasteiger partial charge on any atom is 3.00 e. The van der Waals surface area contributed by atoms with Crippen LogP contribution in [0.2, 0.25) is 0 Å². The molecule has 0 aliphatic rings. The molecule has 0 aliphatic carbocycles. The molecule has 3 aromatic heterocycles.